The van der Waals surface area contributed by atoms with Gasteiger partial charge in [-0.3, -0.25) is 0 Å². The first-order valence-corrected chi connectivity index (χ1v) is 13.1. The number of hydrogen-bond donors (Lipinski definition) is 1. The number of unbranched alkanes of at least 4 members (excludes halogenated alkanes) is 5. The molecule has 0 radical (unpaired) electrons. The number of rotatable bonds is 11. The van der Waals surface area contributed by atoms with E-state index in [0.717, 1.165) is 43.4 Å². The van der Waals surface area contributed by atoms with E-state index >= 15 is 0 Å². The van der Waals surface area contributed by atoms with Crippen molar-refractivity contribution in [1.29, 1.82) is 0 Å². The smallest absolute Gasteiger partial charge is 0.231 e. The molecule has 0 heterocycles. The molecule has 0 saturated heterocycles. The molecule has 0 spiro atoms. The summed E-state index contributed by atoms with van der Waals surface area (Å²) in [7, 11) is -4.15. The van der Waals surface area contributed by atoms with E-state index in [9.17, 15) is 16.8 Å². The minimum atomic E-state index is -4.06. The highest BCUT2D eigenvalue weighted by atomic mass is 32.3. The van der Waals surface area contributed by atoms with Gasteiger partial charge < -0.3 is 4.90 Å². The highest BCUT2D eigenvalue weighted by molar-refractivity contribution is 8.04. The van der Waals surface area contributed by atoms with Crippen molar-refractivity contribution in [2.75, 3.05) is 24.7 Å². The summed E-state index contributed by atoms with van der Waals surface area (Å²) in [6.07, 6.45) is 9.55. The van der Waals surface area contributed by atoms with Crippen LogP contribution in [0.2, 0.25) is 0 Å². The van der Waals surface area contributed by atoms with Gasteiger partial charge in [0.1, 0.15) is 5.25 Å². The molecule has 1 aliphatic rings. The molecule has 2 rings (SSSR count). The molecule has 8 heteroatoms. The molecule has 1 aromatic carbocycles. The number of allylic oxidation sites excluding steroid dienone is 1. The zero-order valence-corrected chi connectivity index (χ0v) is 18.7. The van der Waals surface area contributed by atoms with Crippen LogP contribution in [0.3, 0.4) is 0 Å². The zero-order chi connectivity index (χ0) is 20.8. The van der Waals surface area contributed by atoms with E-state index in [2.05, 4.69) is 6.92 Å². The maximum Gasteiger partial charge on any atom is 0.231 e. The van der Waals surface area contributed by atoms with Crippen LogP contribution in [0.4, 0.5) is 5.69 Å². The average Bonchev–Trinajstić information content (AvgIpc) is 2.62. The Morgan fingerprint density at radius 2 is 1.71 bits per heavy atom. The molecule has 0 aliphatic heterocycles. The molecule has 0 aromatic heterocycles. The molecular weight excluding hydrogens is 396 g/mol. The summed E-state index contributed by atoms with van der Waals surface area (Å²) in [5.74, 6) is -0.161. The van der Waals surface area contributed by atoms with Crippen molar-refractivity contribution in [3.63, 3.8) is 0 Å². The van der Waals surface area contributed by atoms with Crippen LogP contribution in [-0.2, 0) is 20.0 Å². The Balaban J connectivity index is 2.09. The molecule has 0 bridgehead atoms. The van der Waals surface area contributed by atoms with E-state index in [1.54, 1.807) is 18.2 Å². The van der Waals surface area contributed by atoms with Crippen molar-refractivity contribution in [2.45, 2.75) is 57.1 Å². The van der Waals surface area contributed by atoms with Crippen molar-refractivity contribution < 1.29 is 16.8 Å². The van der Waals surface area contributed by atoms with E-state index in [4.69, 9.17) is 0 Å². The SMILES string of the molecule is CCCCCCCCS(=O)(=O)NS(=O)(=O)C1CC=Cc2c1cccc2N(C)C. The lowest BCUT2D eigenvalue weighted by Gasteiger charge is -2.26. The summed E-state index contributed by atoms with van der Waals surface area (Å²) < 4.78 is 52.5. The third-order valence-electron chi connectivity index (χ3n) is 4.96. The van der Waals surface area contributed by atoms with Crippen molar-refractivity contribution in [2.24, 2.45) is 0 Å². The summed E-state index contributed by atoms with van der Waals surface area (Å²) in [6, 6.07) is 5.48. The molecule has 0 fully saturated rings. The van der Waals surface area contributed by atoms with Gasteiger partial charge in [-0.15, -0.1) is 4.13 Å². The molecule has 28 heavy (non-hydrogen) atoms. The number of anilines is 1. The number of fused-ring (bicyclic) bond motifs is 1. The van der Waals surface area contributed by atoms with Gasteiger partial charge >= 0.3 is 0 Å². The third kappa shape index (κ3) is 6.06. The molecule has 1 atom stereocenters. The van der Waals surface area contributed by atoms with Crippen LogP contribution in [0.1, 0.15) is 68.2 Å². The highest BCUT2D eigenvalue weighted by Gasteiger charge is 2.33. The Bertz CT molecular complexity index is 891. The minimum absolute atomic E-state index is 0.161. The molecule has 0 saturated carbocycles. The summed E-state index contributed by atoms with van der Waals surface area (Å²) in [5, 5.41) is -0.910. The maximum atomic E-state index is 12.9. The third-order valence-corrected chi connectivity index (χ3v) is 8.93. The van der Waals surface area contributed by atoms with E-state index in [1.807, 2.05) is 35.3 Å². The Hall–Kier alpha value is -1.38. The largest absolute Gasteiger partial charge is 0.377 e. The van der Waals surface area contributed by atoms with Gasteiger partial charge in [-0.25, -0.2) is 16.8 Å². The topological polar surface area (TPSA) is 83.5 Å². The van der Waals surface area contributed by atoms with Crippen LogP contribution >= 0.6 is 0 Å². The fraction of sp³-hybridized carbons (Fsp3) is 0.600. The predicted molar refractivity (Wildman–Crippen MR) is 116 cm³/mol. The van der Waals surface area contributed by atoms with E-state index in [0.29, 0.717) is 12.0 Å². The normalized spacial score (nSPS) is 16.8. The van der Waals surface area contributed by atoms with Crippen molar-refractivity contribution in [3.8, 4) is 0 Å². The van der Waals surface area contributed by atoms with Gasteiger partial charge in [-0.2, -0.15) is 0 Å². The molecule has 1 aliphatic carbocycles. The Labute approximate surface area is 170 Å². The maximum absolute atomic E-state index is 12.9. The van der Waals surface area contributed by atoms with Gasteiger partial charge in [0.25, 0.3) is 0 Å². The summed E-state index contributed by atoms with van der Waals surface area (Å²) >= 11 is 0. The molecule has 158 valence electrons. The molecule has 1 aromatic rings. The highest BCUT2D eigenvalue weighted by Crippen LogP contribution is 2.37. The van der Waals surface area contributed by atoms with Crippen LogP contribution in [0.15, 0.2) is 24.3 Å². The van der Waals surface area contributed by atoms with Gasteiger partial charge in [0, 0.05) is 25.3 Å². The van der Waals surface area contributed by atoms with E-state index < -0.39 is 25.3 Å². The zero-order valence-electron chi connectivity index (χ0n) is 17.0. The van der Waals surface area contributed by atoms with Gasteiger partial charge in [0.15, 0.2) is 0 Å². The molecular formula is C20H32N2O4S2. The first-order chi connectivity index (χ1) is 13.2. The van der Waals surface area contributed by atoms with Crippen LogP contribution < -0.4 is 9.03 Å². The lowest BCUT2D eigenvalue weighted by Crippen LogP contribution is -2.36. The fourth-order valence-electron chi connectivity index (χ4n) is 3.50. The number of nitrogens with zero attached hydrogens (tertiary/aromatic N) is 1. The van der Waals surface area contributed by atoms with Crippen LogP contribution in [0.5, 0.6) is 0 Å². The molecule has 0 amide bonds. The minimum Gasteiger partial charge on any atom is -0.377 e. The number of sulfonamides is 2. The van der Waals surface area contributed by atoms with Gasteiger partial charge in [-0.05, 0) is 24.5 Å². The number of hydrogen-bond acceptors (Lipinski definition) is 5. The van der Waals surface area contributed by atoms with Gasteiger partial charge in [0.2, 0.25) is 20.0 Å². The first kappa shape index (κ1) is 22.9. The van der Waals surface area contributed by atoms with Crippen LogP contribution in [0, 0.1) is 0 Å². The Morgan fingerprint density at radius 3 is 2.39 bits per heavy atom. The Kier molecular flexibility index (Phi) is 8.09. The molecule has 6 nitrogen and oxygen atoms in total. The quantitative estimate of drug-likeness (QED) is 0.542. The second kappa shape index (κ2) is 9.89. The second-order valence-electron chi connectivity index (χ2n) is 7.52. The van der Waals surface area contributed by atoms with Crippen molar-refractivity contribution >= 4 is 31.8 Å². The summed E-state index contributed by atoms with van der Waals surface area (Å²) in [4.78, 5) is 1.92. The van der Waals surface area contributed by atoms with Crippen molar-refractivity contribution in [1.82, 2.24) is 4.13 Å². The summed E-state index contributed by atoms with van der Waals surface area (Å²) in [5.41, 5.74) is 2.36. The molecule has 1 N–H and O–H groups in total. The predicted octanol–water partition coefficient (Wildman–Crippen LogP) is 3.82. The lowest BCUT2D eigenvalue weighted by molar-refractivity contribution is 0.563. The van der Waals surface area contributed by atoms with Crippen LogP contribution in [-0.4, -0.2) is 36.7 Å². The average molecular weight is 429 g/mol. The van der Waals surface area contributed by atoms with Crippen molar-refractivity contribution in [3.05, 3.63) is 35.4 Å². The number of nitrogens with one attached hydrogen (secondary N) is 1. The van der Waals surface area contributed by atoms with E-state index in [-0.39, 0.29) is 12.2 Å². The standard InChI is InChI=1S/C20H32N2O4S2/c1-4-5-6-7-8-9-16-27(23,24)21-28(25,26)20-15-11-12-17-18(20)13-10-14-19(17)22(2)3/h10-14,20-21H,4-9,15-16H2,1-3H3. The van der Waals surface area contributed by atoms with Crippen LogP contribution in [0.25, 0.3) is 6.08 Å². The first-order valence-electron chi connectivity index (χ1n) is 9.90. The Morgan fingerprint density at radius 1 is 1.04 bits per heavy atom. The summed E-state index contributed by atoms with van der Waals surface area (Å²) in [6.45, 7) is 2.12. The van der Waals surface area contributed by atoms with Gasteiger partial charge in [0.05, 0.1) is 5.75 Å². The lowest BCUT2D eigenvalue weighted by atomic mass is 9.95. The fourth-order valence-corrected chi connectivity index (χ4v) is 7.20. The van der Waals surface area contributed by atoms with E-state index in [1.165, 1.54) is 0 Å². The second-order valence-corrected chi connectivity index (χ2v) is 11.5. The number of benzene rings is 1. The monoisotopic (exact) mass is 428 g/mol. The molecule has 1 unspecified atom stereocenters. The van der Waals surface area contributed by atoms with Gasteiger partial charge in [-0.1, -0.05) is 63.3 Å².